The third kappa shape index (κ3) is 11.0. The molecule has 0 radical (unpaired) electrons. The second kappa shape index (κ2) is 15.4. The first-order valence-corrected chi connectivity index (χ1v) is 15.2. The van der Waals surface area contributed by atoms with Crippen molar-refractivity contribution in [3.63, 3.8) is 0 Å². The van der Waals surface area contributed by atoms with Crippen molar-refractivity contribution in [3.8, 4) is 11.8 Å². The number of hydrogen-bond acceptors (Lipinski definition) is 6. The maximum atomic E-state index is 13.7. The summed E-state index contributed by atoms with van der Waals surface area (Å²) < 4.78 is 4.64. The van der Waals surface area contributed by atoms with Gasteiger partial charge in [0.1, 0.15) is 4.88 Å². The summed E-state index contributed by atoms with van der Waals surface area (Å²) in [6, 6.07) is 1.72. The predicted octanol–water partition coefficient (Wildman–Crippen LogP) is 6.66. The van der Waals surface area contributed by atoms with Crippen molar-refractivity contribution in [3.05, 3.63) is 15.8 Å². The Morgan fingerprint density at radius 1 is 1.08 bits per heavy atom. The molecule has 3 rings (SSSR count). The van der Waals surface area contributed by atoms with Gasteiger partial charge in [-0.3, -0.25) is 9.59 Å². The second-order valence-corrected chi connectivity index (χ2v) is 13.0. The van der Waals surface area contributed by atoms with Crippen molar-refractivity contribution in [2.45, 2.75) is 118 Å². The first-order valence-electron chi connectivity index (χ1n) is 14.4. The lowest BCUT2D eigenvalue weighted by Gasteiger charge is -2.38. The number of carboxylic acids is 1. The molecule has 0 atom stereocenters. The van der Waals surface area contributed by atoms with Gasteiger partial charge < -0.3 is 19.8 Å². The van der Waals surface area contributed by atoms with E-state index in [2.05, 4.69) is 30.4 Å². The van der Waals surface area contributed by atoms with Crippen LogP contribution in [-0.4, -0.2) is 46.8 Å². The molecule has 7 nitrogen and oxygen atoms in total. The summed E-state index contributed by atoms with van der Waals surface area (Å²) in [5, 5.41) is 19.9. The molecule has 0 saturated heterocycles. The highest BCUT2D eigenvalue weighted by Crippen LogP contribution is 2.38. The lowest BCUT2D eigenvalue weighted by atomic mass is 9.81. The third-order valence-electron chi connectivity index (χ3n) is 7.16. The Hall–Kier alpha value is -2.37. The van der Waals surface area contributed by atoms with E-state index in [0.717, 1.165) is 49.9 Å². The van der Waals surface area contributed by atoms with E-state index in [1.807, 2.05) is 20.8 Å². The summed E-state index contributed by atoms with van der Waals surface area (Å²) >= 11 is 1.15. The lowest BCUT2D eigenvalue weighted by molar-refractivity contribution is -0.141. The van der Waals surface area contributed by atoms with Crippen LogP contribution in [-0.2, 0) is 14.3 Å². The molecule has 2 fully saturated rings. The van der Waals surface area contributed by atoms with E-state index >= 15 is 0 Å². The van der Waals surface area contributed by atoms with Gasteiger partial charge in [-0.2, -0.15) is 0 Å². The Labute approximate surface area is 238 Å². The van der Waals surface area contributed by atoms with Crippen molar-refractivity contribution in [2.24, 2.45) is 17.3 Å². The highest BCUT2D eigenvalue weighted by atomic mass is 32.1. The van der Waals surface area contributed by atoms with Gasteiger partial charge in [0.15, 0.2) is 0 Å². The van der Waals surface area contributed by atoms with Crippen LogP contribution in [0.3, 0.4) is 0 Å². The van der Waals surface area contributed by atoms with Crippen LogP contribution < -0.4 is 4.90 Å². The molecule has 2 N–H and O–H groups in total. The molecule has 0 bridgehead atoms. The fourth-order valence-corrected chi connectivity index (χ4v) is 5.74. The molecular weight excluding hydrogens is 514 g/mol. The number of carboxylic acid groups (broad SMARTS) is 1. The fourth-order valence-electron chi connectivity index (χ4n) is 4.90. The average molecular weight is 562 g/mol. The Morgan fingerprint density at radius 2 is 1.69 bits per heavy atom. The number of unbranched alkanes of at least 4 members (excludes halogenated alkanes) is 1. The van der Waals surface area contributed by atoms with Gasteiger partial charge in [-0.1, -0.05) is 32.1 Å². The number of ether oxygens (including phenoxy) is 1. The van der Waals surface area contributed by atoms with Crippen LogP contribution in [0.15, 0.2) is 6.07 Å². The van der Waals surface area contributed by atoms with Crippen molar-refractivity contribution >= 4 is 34.9 Å². The molecular formula is C31H47NO6S. The van der Waals surface area contributed by atoms with E-state index in [0.29, 0.717) is 48.8 Å². The van der Waals surface area contributed by atoms with Gasteiger partial charge >= 0.3 is 11.9 Å². The molecule has 0 aliphatic heterocycles. The lowest BCUT2D eigenvalue weighted by Crippen LogP contribution is -2.47. The molecule has 39 heavy (non-hydrogen) atoms. The van der Waals surface area contributed by atoms with E-state index in [9.17, 15) is 24.6 Å². The number of nitrogens with zero attached hydrogens (tertiary/aromatic N) is 1. The SMILES string of the molecule is CC1CCC(C(=O)N(c2cc(C#CC(C)(C)C)sc2C(=O)O)C2CCC(O)CC2)CC1.CCCCOC(C)=O. The third-order valence-corrected chi connectivity index (χ3v) is 8.19. The van der Waals surface area contributed by atoms with E-state index < -0.39 is 5.97 Å². The van der Waals surface area contributed by atoms with E-state index in [-0.39, 0.29) is 40.2 Å². The molecule has 2 aliphatic rings. The normalized spacial score (nSPS) is 22.9. The summed E-state index contributed by atoms with van der Waals surface area (Å²) in [5.41, 5.74) is 0.294. The van der Waals surface area contributed by atoms with Crippen LogP contribution in [0.4, 0.5) is 5.69 Å². The highest BCUT2D eigenvalue weighted by molar-refractivity contribution is 7.15. The van der Waals surface area contributed by atoms with E-state index in [4.69, 9.17) is 0 Å². The zero-order valence-corrected chi connectivity index (χ0v) is 25.4. The van der Waals surface area contributed by atoms with Crippen LogP contribution in [0.25, 0.3) is 0 Å². The van der Waals surface area contributed by atoms with Crippen molar-refractivity contribution in [2.75, 3.05) is 11.5 Å². The molecule has 2 saturated carbocycles. The molecule has 2 aliphatic carbocycles. The maximum Gasteiger partial charge on any atom is 0.348 e. The Kier molecular flexibility index (Phi) is 13.0. The van der Waals surface area contributed by atoms with Crippen LogP contribution in [0, 0.1) is 29.1 Å². The van der Waals surface area contributed by atoms with Gasteiger partial charge in [0.05, 0.1) is 23.3 Å². The topological polar surface area (TPSA) is 104 Å². The fraction of sp³-hybridized carbons (Fsp3) is 0.710. The van der Waals surface area contributed by atoms with Crippen molar-refractivity contribution in [1.29, 1.82) is 0 Å². The standard InChI is InChI=1S/C25H35NO4S.C6H12O2/c1-16-5-7-17(8-6-16)23(28)26(18-9-11-19(27)12-10-18)21-15-20(13-14-25(2,3)4)31-22(21)24(29)30;1-3-4-5-8-6(2)7/h15-19,27H,5-12H2,1-4H3,(H,29,30);3-5H2,1-2H3. The molecule has 0 unspecified atom stereocenters. The van der Waals surface area contributed by atoms with Crippen LogP contribution in [0.1, 0.15) is 120 Å². The van der Waals surface area contributed by atoms with Crippen molar-refractivity contribution < 1.29 is 29.3 Å². The van der Waals surface area contributed by atoms with Crippen LogP contribution >= 0.6 is 11.3 Å². The number of aliphatic hydroxyl groups is 1. The number of anilines is 1. The Morgan fingerprint density at radius 3 is 2.21 bits per heavy atom. The summed E-state index contributed by atoms with van der Waals surface area (Å²) in [5.74, 6) is 5.71. The first-order chi connectivity index (χ1) is 18.3. The summed E-state index contributed by atoms with van der Waals surface area (Å²) in [4.78, 5) is 38.6. The number of hydrogen-bond donors (Lipinski definition) is 2. The highest BCUT2D eigenvalue weighted by Gasteiger charge is 2.37. The summed E-state index contributed by atoms with van der Waals surface area (Å²) in [6.07, 6.45) is 8.15. The molecule has 1 aromatic heterocycles. The number of thiophene rings is 1. The van der Waals surface area contributed by atoms with Gasteiger partial charge in [0.25, 0.3) is 0 Å². The number of aromatic carboxylic acids is 1. The number of esters is 1. The number of carbonyl (C=O) groups excluding carboxylic acids is 2. The molecule has 1 heterocycles. The van der Waals surface area contributed by atoms with Crippen LogP contribution in [0.2, 0.25) is 0 Å². The maximum absolute atomic E-state index is 13.7. The number of aliphatic hydroxyl groups excluding tert-OH is 1. The van der Waals surface area contributed by atoms with Gasteiger partial charge in [-0.05, 0) is 90.5 Å². The molecule has 1 aromatic rings. The van der Waals surface area contributed by atoms with Gasteiger partial charge in [0, 0.05) is 24.3 Å². The van der Waals surface area contributed by atoms with Crippen LogP contribution in [0.5, 0.6) is 0 Å². The molecule has 1 amide bonds. The van der Waals surface area contributed by atoms with Gasteiger partial charge in [-0.25, -0.2) is 4.79 Å². The minimum absolute atomic E-state index is 0.0453. The molecule has 0 aromatic carbocycles. The molecule has 0 spiro atoms. The average Bonchev–Trinajstić information content (AvgIpc) is 3.29. The first kappa shape index (κ1) is 32.8. The Balaban J connectivity index is 0.000000580. The predicted molar refractivity (Wildman–Crippen MR) is 156 cm³/mol. The van der Waals surface area contributed by atoms with E-state index in [1.165, 1.54) is 6.92 Å². The van der Waals surface area contributed by atoms with Gasteiger partial charge in [0.2, 0.25) is 5.91 Å². The molecule has 8 heteroatoms. The monoisotopic (exact) mass is 561 g/mol. The second-order valence-electron chi connectivity index (χ2n) is 12.0. The number of rotatable bonds is 7. The number of carbonyl (C=O) groups is 3. The smallest absolute Gasteiger partial charge is 0.348 e. The summed E-state index contributed by atoms with van der Waals surface area (Å²) in [6.45, 7) is 12.3. The Bertz CT molecular complexity index is 1010. The summed E-state index contributed by atoms with van der Waals surface area (Å²) in [7, 11) is 0. The zero-order chi connectivity index (χ0) is 29.2. The van der Waals surface area contributed by atoms with E-state index in [1.54, 1.807) is 11.0 Å². The quantitative estimate of drug-likeness (QED) is 0.219. The minimum atomic E-state index is -1.02. The van der Waals surface area contributed by atoms with Gasteiger partial charge in [-0.15, -0.1) is 11.3 Å². The minimum Gasteiger partial charge on any atom is -0.477 e. The number of amides is 1. The molecule has 218 valence electrons. The zero-order valence-electron chi connectivity index (χ0n) is 24.5. The largest absolute Gasteiger partial charge is 0.477 e. The van der Waals surface area contributed by atoms with Crippen molar-refractivity contribution in [1.82, 2.24) is 0 Å².